The molecule has 0 aromatic heterocycles. The van der Waals surface area contributed by atoms with Gasteiger partial charge in [0.05, 0.1) is 4.90 Å². The predicted octanol–water partition coefficient (Wildman–Crippen LogP) is 2.99. The average molecular weight is 445 g/mol. The van der Waals surface area contributed by atoms with Gasteiger partial charge in [-0.15, -0.1) is 0 Å². The second-order valence-corrected chi connectivity index (χ2v) is 9.86. The minimum Gasteiger partial charge on any atom is -0.486 e. The zero-order valence-electron chi connectivity index (χ0n) is 17.7. The molecule has 2 aliphatic heterocycles. The first kappa shape index (κ1) is 21.6. The maximum Gasteiger partial charge on any atom is 0.251 e. The first-order chi connectivity index (χ1) is 14.9. The van der Waals surface area contributed by atoms with Crippen molar-refractivity contribution in [2.45, 2.75) is 43.5 Å². The summed E-state index contributed by atoms with van der Waals surface area (Å²) < 4.78 is 38.5. The highest BCUT2D eigenvalue weighted by molar-refractivity contribution is 7.89. The number of nitrogens with one attached hydrogen (secondary N) is 1. The number of carbonyl (C=O) groups is 1. The van der Waals surface area contributed by atoms with E-state index in [4.69, 9.17) is 9.47 Å². The molecule has 2 aromatic rings. The lowest BCUT2D eigenvalue weighted by atomic mass is 10.1. The normalized spacial score (nSPS) is 19.1. The smallest absolute Gasteiger partial charge is 0.251 e. The Kier molecular flexibility index (Phi) is 6.48. The van der Waals surface area contributed by atoms with Crippen LogP contribution in [0.1, 0.15) is 42.1 Å². The van der Waals surface area contributed by atoms with Gasteiger partial charge in [-0.2, -0.15) is 4.31 Å². The van der Waals surface area contributed by atoms with Crippen LogP contribution in [0.5, 0.6) is 11.5 Å². The van der Waals surface area contributed by atoms with Crippen LogP contribution in [0.25, 0.3) is 0 Å². The van der Waals surface area contributed by atoms with Crippen LogP contribution in [0.15, 0.2) is 47.4 Å². The molecule has 7 nitrogen and oxygen atoms in total. The molecule has 2 heterocycles. The fourth-order valence-corrected chi connectivity index (χ4v) is 5.71. The lowest BCUT2D eigenvalue weighted by molar-refractivity contribution is 0.0954. The SMILES string of the molecule is C[C@@H]1CCCCN1S(=O)(=O)c1ccc(C(=O)NCCc2ccc3c(c2)OCCO3)cc1. The summed E-state index contributed by atoms with van der Waals surface area (Å²) >= 11 is 0. The van der Waals surface area contributed by atoms with Gasteiger partial charge < -0.3 is 14.8 Å². The van der Waals surface area contributed by atoms with Crippen LogP contribution >= 0.6 is 0 Å². The summed E-state index contributed by atoms with van der Waals surface area (Å²) in [4.78, 5) is 12.7. The van der Waals surface area contributed by atoms with Crippen molar-refractivity contribution in [1.29, 1.82) is 0 Å². The highest BCUT2D eigenvalue weighted by atomic mass is 32.2. The molecule has 1 fully saturated rings. The Morgan fingerprint density at radius 1 is 1.06 bits per heavy atom. The second-order valence-electron chi connectivity index (χ2n) is 7.97. The van der Waals surface area contributed by atoms with Crippen molar-refractivity contribution in [3.8, 4) is 11.5 Å². The number of rotatable bonds is 6. The highest BCUT2D eigenvalue weighted by Gasteiger charge is 2.30. The minimum absolute atomic E-state index is 0.00211. The zero-order valence-corrected chi connectivity index (χ0v) is 18.5. The van der Waals surface area contributed by atoms with E-state index >= 15 is 0 Å². The number of hydrogen-bond donors (Lipinski definition) is 1. The van der Waals surface area contributed by atoms with E-state index < -0.39 is 10.0 Å². The molecule has 0 radical (unpaired) electrons. The monoisotopic (exact) mass is 444 g/mol. The molecule has 166 valence electrons. The van der Waals surface area contributed by atoms with E-state index in [2.05, 4.69) is 5.32 Å². The molecule has 1 saturated heterocycles. The second kappa shape index (κ2) is 9.28. The third-order valence-corrected chi connectivity index (χ3v) is 7.80. The van der Waals surface area contributed by atoms with Gasteiger partial charge in [0.1, 0.15) is 13.2 Å². The Balaban J connectivity index is 1.34. The van der Waals surface area contributed by atoms with E-state index in [1.165, 1.54) is 12.1 Å². The first-order valence-electron chi connectivity index (χ1n) is 10.7. The number of carbonyl (C=O) groups excluding carboxylic acids is 1. The number of nitrogens with zero attached hydrogens (tertiary/aromatic N) is 1. The van der Waals surface area contributed by atoms with Gasteiger partial charge in [-0.1, -0.05) is 12.5 Å². The van der Waals surface area contributed by atoms with E-state index in [-0.39, 0.29) is 16.8 Å². The van der Waals surface area contributed by atoms with Crippen LogP contribution in [0.4, 0.5) is 0 Å². The highest BCUT2D eigenvalue weighted by Crippen LogP contribution is 2.30. The molecular formula is C23H28N2O5S. The number of hydrogen-bond acceptors (Lipinski definition) is 5. The number of amides is 1. The van der Waals surface area contributed by atoms with Crippen molar-refractivity contribution in [2.75, 3.05) is 26.3 Å². The quantitative estimate of drug-likeness (QED) is 0.740. The van der Waals surface area contributed by atoms with Gasteiger partial charge in [0, 0.05) is 24.7 Å². The number of piperidine rings is 1. The van der Waals surface area contributed by atoms with E-state index in [9.17, 15) is 13.2 Å². The zero-order chi connectivity index (χ0) is 21.8. The van der Waals surface area contributed by atoms with Crippen molar-refractivity contribution in [1.82, 2.24) is 9.62 Å². The molecule has 2 aliphatic rings. The van der Waals surface area contributed by atoms with Gasteiger partial charge in [-0.05, 0) is 68.1 Å². The van der Waals surface area contributed by atoms with Crippen LogP contribution in [0, 0.1) is 0 Å². The molecule has 0 saturated carbocycles. The Hall–Kier alpha value is -2.58. The van der Waals surface area contributed by atoms with Crippen LogP contribution in [0.3, 0.4) is 0 Å². The molecule has 1 N–H and O–H groups in total. The molecule has 0 aliphatic carbocycles. The number of sulfonamides is 1. The molecule has 4 rings (SSSR count). The lowest BCUT2D eigenvalue weighted by Gasteiger charge is -2.32. The summed E-state index contributed by atoms with van der Waals surface area (Å²) in [6, 6.07) is 12.0. The van der Waals surface area contributed by atoms with Gasteiger partial charge in [0.2, 0.25) is 10.0 Å². The molecular weight excluding hydrogens is 416 g/mol. The van der Waals surface area contributed by atoms with E-state index in [0.717, 1.165) is 36.3 Å². The van der Waals surface area contributed by atoms with E-state index in [0.29, 0.717) is 38.3 Å². The molecule has 31 heavy (non-hydrogen) atoms. The maximum atomic E-state index is 12.9. The van der Waals surface area contributed by atoms with Crippen molar-refractivity contribution in [3.63, 3.8) is 0 Å². The number of benzene rings is 2. The summed E-state index contributed by atoms with van der Waals surface area (Å²) in [7, 11) is -3.53. The van der Waals surface area contributed by atoms with Crippen molar-refractivity contribution >= 4 is 15.9 Å². The predicted molar refractivity (Wildman–Crippen MR) is 117 cm³/mol. The Labute approximate surface area is 183 Å². The maximum absolute atomic E-state index is 12.9. The van der Waals surface area contributed by atoms with Gasteiger partial charge in [-0.25, -0.2) is 8.42 Å². The summed E-state index contributed by atoms with van der Waals surface area (Å²) in [5, 5.41) is 2.89. The van der Waals surface area contributed by atoms with Crippen molar-refractivity contribution in [2.24, 2.45) is 0 Å². The van der Waals surface area contributed by atoms with E-state index in [1.54, 1.807) is 16.4 Å². The molecule has 1 amide bonds. The molecule has 2 aromatic carbocycles. The Morgan fingerprint density at radius 2 is 1.81 bits per heavy atom. The van der Waals surface area contributed by atoms with Crippen molar-refractivity contribution < 1.29 is 22.7 Å². The van der Waals surface area contributed by atoms with E-state index in [1.807, 2.05) is 25.1 Å². The third-order valence-electron chi connectivity index (χ3n) is 5.77. The fourth-order valence-electron chi connectivity index (χ4n) is 4.01. The fraction of sp³-hybridized carbons (Fsp3) is 0.435. The topological polar surface area (TPSA) is 84.9 Å². The number of fused-ring (bicyclic) bond motifs is 1. The van der Waals surface area contributed by atoms with Crippen LogP contribution in [-0.4, -0.2) is 51.0 Å². The molecule has 0 unspecified atom stereocenters. The molecule has 8 heteroatoms. The third kappa shape index (κ3) is 4.85. The molecule has 0 bridgehead atoms. The van der Waals surface area contributed by atoms with Crippen LogP contribution in [0.2, 0.25) is 0 Å². The standard InChI is InChI=1S/C23H28N2O5S/c1-17-4-2-3-13-25(17)31(27,28)20-8-6-19(7-9-20)23(26)24-12-11-18-5-10-21-22(16-18)30-15-14-29-21/h5-10,16-17H,2-4,11-15H2,1H3,(H,24,26)/t17-/m1/s1. The van der Waals surface area contributed by atoms with Gasteiger partial charge >= 0.3 is 0 Å². The summed E-state index contributed by atoms with van der Waals surface area (Å²) in [6.45, 7) is 4.05. The summed E-state index contributed by atoms with van der Waals surface area (Å²) in [6.07, 6.45) is 3.47. The first-order valence-corrected chi connectivity index (χ1v) is 12.2. The molecule has 0 spiro atoms. The summed E-state index contributed by atoms with van der Waals surface area (Å²) in [5.41, 5.74) is 1.48. The molecule has 1 atom stereocenters. The van der Waals surface area contributed by atoms with Crippen LogP contribution in [-0.2, 0) is 16.4 Å². The largest absolute Gasteiger partial charge is 0.486 e. The summed E-state index contributed by atoms with van der Waals surface area (Å²) in [5.74, 6) is 1.25. The lowest BCUT2D eigenvalue weighted by Crippen LogP contribution is -2.41. The minimum atomic E-state index is -3.53. The average Bonchev–Trinajstić information content (AvgIpc) is 2.79. The van der Waals surface area contributed by atoms with Crippen molar-refractivity contribution in [3.05, 3.63) is 53.6 Å². The Bertz CT molecular complexity index is 1040. The van der Waals surface area contributed by atoms with Crippen LogP contribution < -0.4 is 14.8 Å². The van der Waals surface area contributed by atoms with Gasteiger partial charge in [0.15, 0.2) is 11.5 Å². The van der Waals surface area contributed by atoms with Gasteiger partial charge in [0.25, 0.3) is 5.91 Å². The van der Waals surface area contributed by atoms with Gasteiger partial charge in [-0.3, -0.25) is 4.79 Å². The number of ether oxygens (including phenoxy) is 2. The Morgan fingerprint density at radius 3 is 2.55 bits per heavy atom.